The van der Waals surface area contributed by atoms with Crippen LogP contribution in [0.2, 0.25) is 0 Å². The number of fused-ring (bicyclic) bond motifs is 5. The number of hydrogen-bond acceptors (Lipinski definition) is 3. The molecule has 0 radical (unpaired) electrons. The average molecular weight is 349 g/mol. The molecule has 4 fully saturated rings. The standard InChI is InChI=1S/C22H36O3/c1-21-10-4-5-18(21)17-7-6-15-13-16(25-14-20(23)24-3)8-12-22(15,2)19(17)9-11-21/h15-19H,4-14H2,1-3H3/t15-,16+,17-,18-,19+,21-,22-/m0/s1. The van der Waals surface area contributed by atoms with E-state index in [0.29, 0.717) is 10.8 Å². The zero-order valence-electron chi connectivity index (χ0n) is 16.4. The smallest absolute Gasteiger partial charge is 0.331 e. The van der Waals surface area contributed by atoms with Gasteiger partial charge in [0.15, 0.2) is 0 Å². The summed E-state index contributed by atoms with van der Waals surface area (Å²) in [6.45, 7) is 5.31. The SMILES string of the molecule is COC(=O)CO[C@@H]1CC[C@@]2(C)[C@@H](CC[C@@H]3[C@H]2CC[C@]2(C)CCC[C@@H]32)C1. The molecule has 0 aromatic heterocycles. The van der Waals surface area contributed by atoms with Crippen molar-refractivity contribution in [3.63, 3.8) is 0 Å². The van der Waals surface area contributed by atoms with Crippen molar-refractivity contribution in [1.29, 1.82) is 0 Å². The summed E-state index contributed by atoms with van der Waals surface area (Å²) in [6.07, 6.45) is 14.0. The van der Waals surface area contributed by atoms with Crippen LogP contribution in [0.25, 0.3) is 0 Å². The Morgan fingerprint density at radius 3 is 2.64 bits per heavy atom. The minimum Gasteiger partial charge on any atom is -0.467 e. The molecule has 4 rings (SSSR count). The van der Waals surface area contributed by atoms with Crippen LogP contribution in [0.5, 0.6) is 0 Å². The van der Waals surface area contributed by atoms with E-state index in [1.54, 1.807) is 0 Å². The van der Waals surface area contributed by atoms with Gasteiger partial charge in [0.1, 0.15) is 6.61 Å². The third-order valence-electron chi connectivity index (χ3n) is 9.06. The highest BCUT2D eigenvalue weighted by Crippen LogP contribution is 2.66. The van der Waals surface area contributed by atoms with Crippen LogP contribution in [0, 0.1) is 34.5 Å². The normalized spacial score (nSPS) is 49.0. The fraction of sp³-hybridized carbons (Fsp3) is 0.955. The van der Waals surface area contributed by atoms with Gasteiger partial charge in [-0.05, 0) is 92.3 Å². The first kappa shape index (κ1) is 17.8. The Kier molecular flexibility index (Phi) is 4.67. The number of hydrogen-bond donors (Lipinski definition) is 0. The summed E-state index contributed by atoms with van der Waals surface area (Å²) in [5.74, 6) is 3.46. The number of rotatable bonds is 3. The Labute approximate surface area is 153 Å². The van der Waals surface area contributed by atoms with Crippen LogP contribution in [-0.2, 0) is 14.3 Å². The highest BCUT2D eigenvalue weighted by atomic mass is 16.6. The molecular weight excluding hydrogens is 312 g/mol. The van der Waals surface area contributed by atoms with Gasteiger partial charge in [0.2, 0.25) is 0 Å². The number of carbonyl (C=O) groups is 1. The second kappa shape index (κ2) is 6.55. The Morgan fingerprint density at radius 2 is 1.84 bits per heavy atom. The molecule has 0 aromatic rings. The summed E-state index contributed by atoms with van der Waals surface area (Å²) >= 11 is 0. The van der Waals surface area contributed by atoms with Crippen molar-refractivity contribution in [1.82, 2.24) is 0 Å². The van der Waals surface area contributed by atoms with E-state index in [9.17, 15) is 4.79 Å². The summed E-state index contributed by atoms with van der Waals surface area (Å²) in [5.41, 5.74) is 1.17. The third-order valence-corrected chi connectivity index (χ3v) is 9.06. The summed E-state index contributed by atoms with van der Waals surface area (Å²) in [4.78, 5) is 11.4. The van der Waals surface area contributed by atoms with Gasteiger partial charge < -0.3 is 9.47 Å². The molecule has 0 spiro atoms. The quantitative estimate of drug-likeness (QED) is 0.675. The van der Waals surface area contributed by atoms with Gasteiger partial charge in [0.05, 0.1) is 13.2 Å². The first-order valence-corrected chi connectivity index (χ1v) is 10.6. The molecule has 0 N–H and O–H groups in total. The molecule has 0 aromatic carbocycles. The molecule has 4 saturated carbocycles. The van der Waals surface area contributed by atoms with Crippen LogP contribution >= 0.6 is 0 Å². The zero-order chi connectivity index (χ0) is 17.7. The van der Waals surface area contributed by atoms with Crippen LogP contribution < -0.4 is 0 Å². The minimum absolute atomic E-state index is 0.122. The van der Waals surface area contributed by atoms with Crippen molar-refractivity contribution in [2.24, 2.45) is 34.5 Å². The molecule has 0 saturated heterocycles. The molecule has 4 aliphatic carbocycles. The van der Waals surface area contributed by atoms with Gasteiger partial charge in [-0.2, -0.15) is 0 Å². The maximum Gasteiger partial charge on any atom is 0.331 e. The van der Waals surface area contributed by atoms with Crippen LogP contribution in [-0.4, -0.2) is 25.8 Å². The molecule has 25 heavy (non-hydrogen) atoms. The van der Waals surface area contributed by atoms with E-state index >= 15 is 0 Å². The molecule has 142 valence electrons. The summed E-state index contributed by atoms with van der Waals surface area (Å²) in [5, 5.41) is 0. The molecule has 0 aliphatic heterocycles. The van der Waals surface area contributed by atoms with Crippen molar-refractivity contribution in [2.45, 2.75) is 84.2 Å². The largest absolute Gasteiger partial charge is 0.467 e. The predicted octanol–water partition coefficient (Wildman–Crippen LogP) is 4.98. The second-order valence-electron chi connectivity index (χ2n) is 10.0. The van der Waals surface area contributed by atoms with Crippen LogP contribution in [0.1, 0.15) is 78.1 Å². The van der Waals surface area contributed by atoms with E-state index in [0.717, 1.165) is 36.5 Å². The lowest BCUT2D eigenvalue weighted by Crippen LogP contribution is -2.53. The molecule has 0 bridgehead atoms. The van der Waals surface area contributed by atoms with E-state index in [2.05, 4.69) is 13.8 Å². The van der Waals surface area contributed by atoms with E-state index in [4.69, 9.17) is 9.47 Å². The lowest BCUT2D eigenvalue weighted by Gasteiger charge is -2.60. The Morgan fingerprint density at radius 1 is 1.00 bits per heavy atom. The number of ether oxygens (including phenoxy) is 2. The zero-order valence-corrected chi connectivity index (χ0v) is 16.4. The molecule has 0 heterocycles. The van der Waals surface area contributed by atoms with Crippen molar-refractivity contribution < 1.29 is 14.3 Å². The Hall–Kier alpha value is -0.570. The molecule has 3 nitrogen and oxygen atoms in total. The monoisotopic (exact) mass is 348 g/mol. The van der Waals surface area contributed by atoms with Crippen LogP contribution in [0.4, 0.5) is 0 Å². The van der Waals surface area contributed by atoms with Crippen molar-refractivity contribution in [3.8, 4) is 0 Å². The van der Waals surface area contributed by atoms with Crippen molar-refractivity contribution in [2.75, 3.05) is 13.7 Å². The van der Waals surface area contributed by atoms with E-state index in [-0.39, 0.29) is 18.7 Å². The molecular formula is C22H36O3. The second-order valence-corrected chi connectivity index (χ2v) is 10.0. The molecule has 0 unspecified atom stereocenters. The van der Waals surface area contributed by atoms with Crippen molar-refractivity contribution >= 4 is 5.97 Å². The van der Waals surface area contributed by atoms with Crippen molar-refractivity contribution in [3.05, 3.63) is 0 Å². The van der Waals surface area contributed by atoms with Gasteiger partial charge >= 0.3 is 5.97 Å². The summed E-state index contributed by atoms with van der Waals surface area (Å²) < 4.78 is 10.6. The predicted molar refractivity (Wildman–Crippen MR) is 98.1 cm³/mol. The number of esters is 1. The van der Waals surface area contributed by atoms with E-state index in [1.165, 1.54) is 58.5 Å². The highest BCUT2D eigenvalue weighted by molar-refractivity contribution is 5.70. The van der Waals surface area contributed by atoms with E-state index in [1.807, 2.05) is 0 Å². The Bertz CT molecular complexity index is 517. The average Bonchev–Trinajstić information content (AvgIpc) is 3.01. The third kappa shape index (κ3) is 2.95. The lowest BCUT2D eigenvalue weighted by molar-refractivity contribution is -0.155. The summed E-state index contributed by atoms with van der Waals surface area (Å²) in [7, 11) is 1.44. The minimum atomic E-state index is -0.246. The van der Waals surface area contributed by atoms with Crippen LogP contribution in [0.15, 0.2) is 0 Å². The fourth-order valence-corrected chi connectivity index (χ4v) is 7.61. The highest BCUT2D eigenvalue weighted by Gasteiger charge is 2.57. The fourth-order valence-electron chi connectivity index (χ4n) is 7.61. The van der Waals surface area contributed by atoms with Gasteiger partial charge in [-0.15, -0.1) is 0 Å². The Balaban J connectivity index is 1.44. The molecule has 3 heteroatoms. The molecule has 4 aliphatic rings. The van der Waals surface area contributed by atoms with Crippen LogP contribution in [0.3, 0.4) is 0 Å². The topological polar surface area (TPSA) is 35.5 Å². The maximum absolute atomic E-state index is 11.4. The molecule has 7 atom stereocenters. The van der Waals surface area contributed by atoms with Gasteiger partial charge in [-0.1, -0.05) is 20.3 Å². The van der Waals surface area contributed by atoms with E-state index < -0.39 is 0 Å². The van der Waals surface area contributed by atoms with Gasteiger partial charge in [-0.25, -0.2) is 4.79 Å². The first-order valence-electron chi connectivity index (χ1n) is 10.6. The first-order chi connectivity index (χ1) is 12.0. The van der Waals surface area contributed by atoms with Gasteiger partial charge in [0.25, 0.3) is 0 Å². The molecule has 0 amide bonds. The number of carbonyl (C=O) groups excluding carboxylic acids is 1. The maximum atomic E-state index is 11.4. The van der Waals surface area contributed by atoms with Gasteiger partial charge in [-0.3, -0.25) is 0 Å². The lowest BCUT2D eigenvalue weighted by atomic mass is 9.45. The summed E-state index contributed by atoms with van der Waals surface area (Å²) in [6, 6.07) is 0. The van der Waals surface area contributed by atoms with Gasteiger partial charge in [0, 0.05) is 0 Å². The number of methoxy groups -OCH3 is 1.